The molecule has 66 valence electrons. The van der Waals surface area contributed by atoms with Gasteiger partial charge in [0, 0.05) is 11.9 Å². The van der Waals surface area contributed by atoms with Gasteiger partial charge in [-0.2, -0.15) is 0 Å². The molecule has 0 fully saturated rings. The van der Waals surface area contributed by atoms with Crippen LogP contribution >= 0.6 is 23.2 Å². The summed E-state index contributed by atoms with van der Waals surface area (Å²) in [5.74, 6) is 1.36. The van der Waals surface area contributed by atoms with Crippen LogP contribution in [0.15, 0.2) is 12.1 Å². The van der Waals surface area contributed by atoms with Gasteiger partial charge in [0.15, 0.2) is 0 Å². The normalized spacial score (nSPS) is 9.92. The van der Waals surface area contributed by atoms with Crippen molar-refractivity contribution in [1.82, 2.24) is 4.98 Å². The summed E-state index contributed by atoms with van der Waals surface area (Å²) in [6.45, 7) is 0. The van der Waals surface area contributed by atoms with E-state index in [1.807, 2.05) is 6.07 Å². The van der Waals surface area contributed by atoms with Crippen LogP contribution in [0.2, 0.25) is 0 Å². The second kappa shape index (κ2) is 4.53. The Morgan fingerprint density at radius 2 is 2.08 bits per heavy atom. The molecule has 0 N–H and O–H groups in total. The highest BCUT2D eigenvalue weighted by molar-refractivity contribution is 6.18. The lowest BCUT2D eigenvalue weighted by Crippen LogP contribution is -1.95. The van der Waals surface area contributed by atoms with E-state index >= 15 is 0 Å². The Hall–Kier alpha value is -0.470. The van der Waals surface area contributed by atoms with Crippen molar-refractivity contribution in [2.24, 2.45) is 0 Å². The number of aromatic nitrogens is 1. The highest BCUT2D eigenvalue weighted by Crippen LogP contribution is 2.16. The van der Waals surface area contributed by atoms with Crippen LogP contribution in [-0.2, 0) is 11.8 Å². The van der Waals surface area contributed by atoms with Gasteiger partial charge >= 0.3 is 0 Å². The van der Waals surface area contributed by atoms with Crippen LogP contribution in [0.1, 0.15) is 11.3 Å². The van der Waals surface area contributed by atoms with E-state index < -0.39 is 0 Å². The monoisotopic (exact) mass is 205 g/mol. The molecular formula is C8H9Cl2NO. The minimum atomic E-state index is 0.360. The highest BCUT2D eigenvalue weighted by Gasteiger charge is 2.03. The fourth-order valence-electron chi connectivity index (χ4n) is 0.861. The van der Waals surface area contributed by atoms with Crippen LogP contribution in [0.5, 0.6) is 5.88 Å². The minimum absolute atomic E-state index is 0.360. The summed E-state index contributed by atoms with van der Waals surface area (Å²) in [5.41, 5.74) is 1.73. The molecule has 0 unspecified atom stereocenters. The van der Waals surface area contributed by atoms with Gasteiger partial charge < -0.3 is 4.74 Å². The van der Waals surface area contributed by atoms with Crippen LogP contribution in [0.25, 0.3) is 0 Å². The molecule has 0 aliphatic rings. The topological polar surface area (TPSA) is 22.1 Å². The number of methoxy groups -OCH3 is 1. The number of rotatable bonds is 3. The lowest BCUT2D eigenvalue weighted by Gasteiger charge is -2.04. The molecule has 0 aromatic carbocycles. The zero-order valence-electron chi connectivity index (χ0n) is 6.68. The first kappa shape index (κ1) is 9.62. The Morgan fingerprint density at radius 3 is 2.58 bits per heavy atom. The SMILES string of the molecule is COc1ccc(CCl)c(CCl)n1. The maximum Gasteiger partial charge on any atom is 0.213 e. The van der Waals surface area contributed by atoms with E-state index in [1.165, 1.54) is 0 Å². The van der Waals surface area contributed by atoms with Gasteiger partial charge in [-0.15, -0.1) is 23.2 Å². The number of hydrogen-bond acceptors (Lipinski definition) is 2. The second-order valence-corrected chi connectivity index (χ2v) is 2.76. The van der Waals surface area contributed by atoms with Crippen molar-refractivity contribution >= 4 is 23.2 Å². The first-order valence-electron chi connectivity index (χ1n) is 3.46. The number of nitrogens with zero attached hydrogens (tertiary/aromatic N) is 1. The predicted octanol–water partition coefficient (Wildman–Crippen LogP) is 2.57. The highest BCUT2D eigenvalue weighted by atomic mass is 35.5. The summed E-state index contributed by atoms with van der Waals surface area (Å²) in [4.78, 5) is 4.14. The zero-order valence-corrected chi connectivity index (χ0v) is 8.19. The molecule has 1 rings (SSSR count). The third-order valence-electron chi connectivity index (χ3n) is 1.52. The summed E-state index contributed by atoms with van der Waals surface area (Å²) >= 11 is 11.3. The molecule has 0 amide bonds. The Kier molecular flexibility index (Phi) is 3.63. The minimum Gasteiger partial charge on any atom is -0.481 e. The van der Waals surface area contributed by atoms with E-state index in [0.717, 1.165) is 11.3 Å². The van der Waals surface area contributed by atoms with Crippen molar-refractivity contribution in [3.63, 3.8) is 0 Å². The van der Waals surface area contributed by atoms with Crippen molar-refractivity contribution in [1.29, 1.82) is 0 Å². The van der Waals surface area contributed by atoms with Crippen LogP contribution in [0.4, 0.5) is 0 Å². The summed E-state index contributed by atoms with van der Waals surface area (Å²) < 4.78 is 4.94. The fraction of sp³-hybridized carbons (Fsp3) is 0.375. The van der Waals surface area contributed by atoms with Gasteiger partial charge in [-0.05, 0) is 5.56 Å². The molecule has 1 aromatic heterocycles. The lowest BCUT2D eigenvalue weighted by molar-refractivity contribution is 0.396. The van der Waals surface area contributed by atoms with E-state index in [1.54, 1.807) is 13.2 Å². The van der Waals surface area contributed by atoms with Crippen LogP contribution < -0.4 is 4.74 Å². The molecular weight excluding hydrogens is 197 g/mol. The first-order chi connectivity index (χ1) is 5.81. The molecule has 0 radical (unpaired) electrons. The van der Waals surface area contributed by atoms with Gasteiger partial charge in [-0.25, -0.2) is 4.98 Å². The molecule has 0 spiro atoms. The average Bonchev–Trinajstić information content (AvgIpc) is 2.16. The van der Waals surface area contributed by atoms with Gasteiger partial charge in [0.05, 0.1) is 18.7 Å². The first-order valence-corrected chi connectivity index (χ1v) is 4.53. The summed E-state index contributed by atoms with van der Waals surface area (Å²) in [7, 11) is 1.57. The number of ether oxygens (including phenoxy) is 1. The molecule has 12 heavy (non-hydrogen) atoms. The molecule has 2 nitrogen and oxygen atoms in total. The Morgan fingerprint density at radius 1 is 1.33 bits per heavy atom. The van der Waals surface area contributed by atoms with Crippen molar-refractivity contribution in [2.75, 3.05) is 7.11 Å². The van der Waals surface area contributed by atoms with Crippen LogP contribution in [0, 0.1) is 0 Å². The largest absolute Gasteiger partial charge is 0.481 e. The Bertz CT molecular complexity index is 265. The average molecular weight is 206 g/mol. The third-order valence-corrected chi connectivity index (χ3v) is 2.06. The van der Waals surface area contributed by atoms with Crippen molar-refractivity contribution in [3.05, 3.63) is 23.4 Å². The smallest absolute Gasteiger partial charge is 0.213 e. The van der Waals surface area contributed by atoms with E-state index in [2.05, 4.69) is 4.98 Å². The summed E-state index contributed by atoms with van der Waals surface area (Å²) in [6.07, 6.45) is 0. The number of pyridine rings is 1. The molecule has 1 aromatic rings. The number of alkyl halides is 2. The maximum absolute atomic E-state index is 5.67. The molecule has 1 heterocycles. The molecule has 0 saturated carbocycles. The zero-order chi connectivity index (χ0) is 8.97. The molecule has 0 saturated heterocycles. The molecule has 0 bridgehead atoms. The fourth-order valence-corrected chi connectivity index (χ4v) is 1.34. The van der Waals surface area contributed by atoms with Crippen LogP contribution in [0.3, 0.4) is 0 Å². The van der Waals surface area contributed by atoms with E-state index in [0.29, 0.717) is 17.6 Å². The molecule has 0 aliphatic heterocycles. The Balaban J connectivity index is 3.02. The van der Waals surface area contributed by atoms with Gasteiger partial charge in [-0.3, -0.25) is 0 Å². The van der Waals surface area contributed by atoms with E-state index in [9.17, 15) is 0 Å². The molecule has 0 atom stereocenters. The third kappa shape index (κ3) is 2.02. The van der Waals surface area contributed by atoms with E-state index in [4.69, 9.17) is 27.9 Å². The maximum atomic E-state index is 5.67. The molecule has 4 heteroatoms. The van der Waals surface area contributed by atoms with Crippen molar-refractivity contribution in [2.45, 2.75) is 11.8 Å². The molecule has 0 aliphatic carbocycles. The second-order valence-electron chi connectivity index (χ2n) is 2.23. The van der Waals surface area contributed by atoms with Gasteiger partial charge in [0.25, 0.3) is 0 Å². The Labute approximate surface area is 81.5 Å². The lowest BCUT2D eigenvalue weighted by atomic mass is 10.2. The van der Waals surface area contributed by atoms with Crippen LogP contribution in [-0.4, -0.2) is 12.1 Å². The number of halogens is 2. The van der Waals surface area contributed by atoms with Gasteiger partial charge in [0.1, 0.15) is 0 Å². The van der Waals surface area contributed by atoms with E-state index in [-0.39, 0.29) is 0 Å². The van der Waals surface area contributed by atoms with Gasteiger partial charge in [0.2, 0.25) is 5.88 Å². The predicted molar refractivity (Wildman–Crippen MR) is 49.9 cm³/mol. The standard InChI is InChI=1S/C8H9Cl2NO/c1-12-8-3-2-6(4-9)7(5-10)11-8/h2-3H,4-5H2,1H3. The summed E-state index contributed by atoms with van der Waals surface area (Å²) in [6, 6.07) is 3.64. The number of hydrogen-bond donors (Lipinski definition) is 0. The van der Waals surface area contributed by atoms with Crippen molar-refractivity contribution in [3.8, 4) is 5.88 Å². The summed E-state index contributed by atoms with van der Waals surface area (Å²) in [5, 5.41) is 0. The quantitative estimate of drug-likeness (QED) is 0.709. The van der Waals surface area contributed by atoms with Gasteiger partial charge in [-0.1, -0.05) is 6.07 Å². The van der Waals surface area contributed by atoms with Crippen molar-refractivity contribution < 1.29 is 4.74 Å².